The van der Waals surface area contributed by atoms with E-state index in [2.05, 4.69) is 23.6 Å². The topological polar surface area (TPSA) is 9.23 Å². The molecule has 0 atom stereocenters. The third kappa shape index (κ3) is 1.79. The van der Waals surface area contributed by atoms with Gasteiger partial charge in [0.1, 0.15) is 11.5 Å². The van der Waals surface area contributed by atoms with Gasteiger partial charge in [0, 0.05) is 4.70 Å². The summed E-state index contributed by atoms with van der Waals surface area (Å²) in [4.78, 5) is 0. The Morgan fingerprint density at radius 1 is 0.812 bits per heavy atom. The van der Waals surface area contributed by atoms with Crippen molar-refractivity contribution in [2.75, 3.05) is 0 Å². The largest absolute Gasteiger partial charge is 0.457 e. The summed E-state index contributed by atoms with van der Waals surface area (Å²) in [6.07, 6.45) is 0. The third-order valence-electron chi connectivity index (χ3n) is 2.41. The quantitative estimate of drug-likeness (QED) is 0.615. The lowest BCUT2D eigenvalue weighted by Gasteiger charge is -2.04. The van der Waals surface area contributed by atoms with E-state index in [1.165, 1.54) is 10.1 Å². The van der Waals surface area contributed by atoms with E-state index < -0.39 is 0 Å². The number of hydrogen-bond donors (Lipinski definition) is 0. The summed E-state index contributed by atoms with van der Waals surface area (Å²) in [5, 5.41) is 3.36. The van der Waals surface area contributed by atoms with Gasteiger partial charge in [-0.25, -0.2) is 0 Å². The van der Waals surface area contributed by atoms with Gasteiger partial charge in [0.2, 0.25) is 0 Å². The molecule has 3 rings (SSSR count). The molecule has 0 radical (unpaired) electrons. The molecule has 0 aliphatic heterocycles. The number of thiophene rings is 1. The van der Waals surface area contributed by atoms with Gasteiger partial charge in [0.25, 0.3) is 0 Å². The fourth-order valence-electron chi connectivity index (χ4n) is 1.62. The molecule has 0 bridgehead atoms. The zero-order valence-electron chi connectivity index (χ0n) is 8.59. The molecular formula is C14H10OS. The van der Waals surface area contributed by atoms with Crippen LogP contribution < -0.4 is 4.74 Å². The van der Waals surface area contributed by atoms with Gasteiger partial charge in [0.15, 0.2) is 0 Å². The van der Waals surface area contributed by atoms with Crippen LogP contribution in [0.2, 0.25) is 0 Å². The lowest BCUT2D eigenvalue weighted by Crippen LogP contribution is -1.82. The standard InChI is InChI=1S/C14H10OS/c1-2-4-12(5-3-1)15-13-7-6-11-8-9-16-14(11)10-13/h1-10H. The van der Waals surface area contributed by atoms with Crippen LogP contribution in [0.15, 0.2) is 60.0 Å². The number of rotatable bonds is 2. The van der Waals surface area contributed by atoms with Gasteiger partial charge in [0.05, 0.1) is 0 Å². The van der Waals surface area contributed by atoms with E-state index in [0.29, 0.717) is 0 Å². The van der Waals surface area contributed by atoms with Crippen LogP contribution in [-0.2, 0) is 0 Å². The van der Waals surface area contributed by atoms with E-state index >= 15 is 0 Å². The summed E-state index contributed by atoms with van der Waals surface area (Å²) < 4.78 is 7.02. The first kappa shape index (κ1) is 9.43. The van der Waals surface area contributed by atoms with Crippen molar-refractivity contribution in [3.63, 3.8) is 0 Å². The Bertz CT molecular complexity index is 598. The van der Waals surface area contributed by atoms with Gasteiger partial charge in [-0.3, -0.25) is 0 Å². The molecule has 0 N–H and O–H groups in total. The minimum absolute atomic E-state index is 0.874. The zero-order chi connectivity index (χ0) is 10.8. The van der Waals surface area contributed by atoms with E-state index in [1.54, 1.807) is 11.3 Å². The predicted molar refractivity (Wildman–Crippen MR) is 68.3 cm³/mol. The van der Waals surface area contributed by atoms with Crippen molar-refractivity contribution in [2.24, 2.45) is 0 Å². The number of fused-ring (bicyclic) bond motifs is 1. The molecule has 16 heavy (non-hydrogen) atoms. The summed E-state index contributed by atoms with van der Waals surface area (Å²) in [5.74, 6) is 1.76. The molecule has 0 fully saturated rings. The van der Waals surface area contributed by atoms with E-state index in [0.717, 1.165) is 11.5 Å². The van der Waals surface area contributed by atoms with Crippen LogP contribution in [0.25, 0.3) is 10.1 Å². The van der Waals surface area contributed by atoms with E-state index in [1.807, 2.05) is 36.4 Å². The van der Waals surface area contributed by atoms with Gasteiger partial charge in [-0.05, 0) is 47.2 Å². The summed E-state index contributed by atoms with van der Waals surface area (Å²) in [5.41, 5.74) is 0. The second kappa shape index (κ2) is 3.99. The third-order valence-corrected chi connectivity index (χ3v) is 3.29. The normalized spacial score (nSPS) is 10.5. The first-order valence-corrected chi connectivity index (χ1v) is 6.00. The van der Waals surface area contributed by atoms with Crippen molar-refractivity contribution in [2.45, 2.75) is 0 Å². The number of para-hydroxylation sites is 1. The van der Waals surface area contributed by atoms with Crippen LogP contribution in [0.4, 0.5) is 0 Å². The van der Waals surface area contributed by atoms with Crippen molar-refractivity contribution in [3.05, 3.63) is 60.0 Å². The Hall–Kier alpha value is -1.80. The zero-order valence-corrected chi connectivity index (χ0v) is 9.41. The van der Waals surface area contributed by atoms with E-state index in [9.17, 15) is 0 Å². The maximum Gasteiger partial charge on any atom is 0.128 e. The molecule has 0 aliphatic carbocycles. The Morgan fingerprint density at radius 2 is 1.69 bits per heavy atom. The maximum absolute atomic E-state index is 5.76. The summed E-state index contributed by atoms with van der Waals surface area (Å²) >= 11 is 1.73. The maximum atomic E-state index is 5.76. The van der Waals surface area contributed by atoms with Crippen LogP contribution in [0, 0.1) is 0 Å². The lowest BCUT2D eigenvalue weighted by molar-refractivity contribution is 0.483. The van der Waals surface area contributed by atoms with Crippen molar-refractivity contribution >= 4 is 21.4 Å². The molecule has 1 aromatic heterocycles. The molecule has 78 valence electrons. The molecular weight excluding hydrogens is 216 g/mol. The monoisotopic (exact) mass is 226 g/mol. The molecule has 0 saturated heterocycles. The number of benzene rings is 2. The SMILES string of the molecule is c1ccc(Oc2ccc3ccsc3c2)cc1. The molecule has 1 nitrogen and oxygen atoms in total. The van der Waals surface area contributed by atoms with Crippen molar-refractivity contribution in [1.82, 2.24) is 0 Å². The van der Waals surface area contributed by atoms with Gasteiger partial charge in [-0.1, -0.05) is 18.2 Å². The molecule has 2 aromatic carbocycles. The molecule has 0 spiro atoms. The fourth-order valence-corrected chi connectivity index (χ4v) is 2.44. The van der Waals surface area contributed by atoms with Crippen LogP contribution in [0.5, 0.6) is 11.5 Å². The average molecular weight is 226 g/mol. The molecule has 3 aromatic rings. The highest BCUT2D eigenvalue weighted by Gasteiger charge is 1.99. The van der Waals surface area contributed by atoms with E-state index in [4.69, 9.17) is 4.74 Å². The Balaban J connectivity index is 1.94. The highest BCUT2D eigenvalue weighted by molar-refractivity contribution is 7.17. The summed E-state index contributed by atoms with van der Waals surface area (Å²) in [6, 6.07) is 18.1. The molecule has 0 amide bonds. The molecule has 0 aliphatic rings. The molecule has 1 heterocycles. The Labute approximate surface area is 97.9 Å². The Kier molecular flexibility index (Phi) is 2.35. The van der Waals surface area contributed by atoms with Crippen LogP contribution in [0.1, 0.15) is 0 Å². The first-order valence-electron chi connectivity index (χ1n) is 5.12. The second-order valence-electron chi connectivity index (χ2n) is 3.54. The van der Waals surface area contributed by atoms with Crippen LogP contribution >= 0.6 is 11.3 Å². The Morgan fingerprint density at radius 3 is 2.56 bits per heavy atom. The summed E-state index contributed by atoms with van der Waals surface area (Å²) in [6.45, 7) is 0. The van der Waals surface area contributed by atoms with Crippen molar-refractivity contribution in [3.8, 4) is 11.5 Å². The van der Waals surface area contributed by atoms with Crippen molar-refractivity contribution in [1.29, 1.82) is 0 Å². The molecule has 0 saturated carbocycles. The van der Waals surface area contributed by atoms with Crippen molar-refractivity contribution < 1.29 is 4.74 Å². The van der Waals surface area contributed by atoms with Crippen LogP contribution in [-0.4, -0.2) is 0 Å². The predicted octanol–water partition coefficient (Wildman–Crippen LogP) is 4.69. The second-order valence-corrected chi connectivity index (χ2v) is 4.48. The minimum Gasteiger partial charge on any atom is -0.457 e. The highest BCUT2D eigenvalue weighted by Crippen LogP contribution is 2.28. The highest BCUT2D eigenvalue weighted by atomic mass is 32.1. The van der Waals surface area contributed by atoms with Gasteiger partial charge < -0.3 is 4.74 Å². The van der Waals surface area contributed by atoms with Gasteiger partial charge in [-0.15, -0.1) is 11.3 Å². The lowest BCUT2D eigenvalue weighted by atomic mass is 10.2. The molecule has 0 unspecified atom stereocenters. The minimum atomic E-state index is 0.874. The van der Waals surface area contributed by atoms with E-state index in [-0.39, 0.29) is 0 Å². The average Bonchev–Trinajstić information content (AvgIpc) is 2.77. The first-order chi connectivity index (χ1) is 7.92. The smallest absolute Gasteiger partial charge is 0.128 e. The van der Waals surface area contributed by atoms with Crippen LogP contribution in [0.3, 0.4) is 0 Å². The number of hydrogen-bond acceptors (Lipinski definition) is 2. The fraction of sp³-hybridized carbons (Fsp3) is 0. The summed E-state index contributed by atoms with van der Waals surface area (Å²) in [7, 11) is 0. The molecule has 2 heteroatoms. The van der Waals surface area contributed by atoms with Gasteiger partial charge in [-0.2, -0.15) is 0 Å². The number of ether oxygens (including phenoxy) is 1. The van der Waals surface area contributed by atoms with Gasteiger partial charge >= 0.3 is 0 Å².